The Balaban J connectivity index is 1.94. The number of halogens is 1. The highest BCUT2D eigenvalue weighted by Gasteiger charge is 2.45. The van der Waals surface area contributed by atoms with Crippen LogP contribution in [0.2, 0.25) is 0 Å². The number of hydrogen-bond donors (Lipinski definition) is 0. The molecule has 0 spiro atoms. The number of carbonyl (C=O) groups is 1. The molecule has 0 aliphatic carbocycles. The number of carbonyl (C=O) groups excluding carboxylic acids is 1. The van der Waals surface area contributed by atoms with E-state index in [4.69, 9.17) is 4.74 Å². The van der Waals surface area contributed by atoms with Gasteiger partial charge in [0.15, 0.2) is 0 Å². The maximum absolute atomic E-state index is 12.0. The van der Waals surface area contributed by atoms with E-state index < -0.39 is 7.26 Å². The second kappa shape index (κ2) is 9.60. The fourth-order valence-electron chi connectivity index (χ4n) is 3.94. The maximum Gasteiger partial charge on any atom is 0.337 e. The van der Waals surface area contributed by atoms with Crippen molar-refractivity contribution in [3.63, 3.8) is 0 Å². The summed E-state index contributed by atoms with van der Waals surface area (Å²) in [5.74, 6) is -0.331. The molecule has 4 heteroatoms. The lowest BCUT2D eigenvalue weighted by molar-refractivity contribution is 0.0600. The van der Waals surface area contributed by atoms with Gasteiger partial charge in [0.25, 0.3) is 0 Å². The Bertz CT molecular complexity index is 1070. The van der Waals surface area contributed by atoms with Crippen molar-refractivity contribution in [2.45, 2.75) is 6.16 Å². The number of esters is 1. The normalized spacial score (nSPS) is 11.2. The zero-order chi connectivity index (χ0) is 21.7. The predicted octanol–water partition coefficient (Wildman–Crippen LogP) is 5.73. The standard InChI is InChI=1S/C27H23BrO2P/c1-30-27(29)21-17-18-22(26(28)19-21)20-31(23-11-5-2-6-12-23,24-13-7-3-8-14-24)25-15-9-4-10-16-25/h2-19H,20H2,1H3/q+1. The monoisotopic (exact) mass is 489 g/mol. The van der Waals surface area contributed by atoms with Gasteiger partial charge in [0.1, 0.15) is 23.2 Å². The highest BCUT2D eigenvalue weighted by atomic mass is 79.9. The zero-order valence-corrected chi connectivity index (χ0v) is 19.7. The number of rotatable bonds is 6. The molecule has 0 amide bonds. The molecule has 0 aromatic heterocycles. The van der Waals surface area contributed by atoms with E-state index in [1.165, 1.54) is 23.0 Å². The lowest BCUT2D eigenvalue weighted by atomic mass is 10.1. The second-order valence-electron chi connectivity index (χ2n) is 7.27. The van der Waals surface area contributed by atoms with Gasteiger partial charge in [-0.15, -0.1) is 0 Å². The van der Waals surface area contributed by atoms with E-state index in [0.717, 1.165) is 16.2 Å². The molecule has 0 atom stereocenters. The van der Waals surface area contributed by atoms with Crippen LogP contribution in [0.4, 0.5) is 0 Å². The molecular formula is C27H23BrO2P+. The van der Waals surface area contributed by atoms with E-state index in [9.17, 15) is 4.79 Å². The number of methoxy groups -OCH3 is 1. The molecule has 0 fully saturated rings. The lowest BCUT2D eigenvalue weighted by Gasteiger charge is -2.28. The van der Waals surface area contributed by atoms with E-state index in [1.54, 1.807) is 0 Å². The Hall–Kier alpha value is -2.74. The Morgan fingerprint density at radius 1 is 0.742 bits per heavy atom. The minimum atomic E-state index is -1.99. The molecule has 2 nitrogen and oxygen atoms in total. The van der Waals surface area contributed by atoms with E-state index in [-0.39, 0.29) is 5.97 Å². The van der Waals surface area contributed by atoms with Crippen LogP contribution < -0.4 is 15.9 Å². The Morgan fingerprint density at radius 2 is 1.19 bits per heavy atom. The van der Waals surface area contributed by atoms with Gasteiger partial charge < -0.3 is 4.74 Å². The first kappa shape index (κ1) is 21.5. The van der Waals surface area contributed by atoms with Crippen molar-refractivity contribution in [3.05, 3.63) is 125 Å². The van der Waals surface area contributed by atoms with Crippen LogP contribution in [-0.2, 0) is 10.9 Å². The van der Waals surface area contributed by atoms with Gasteiger partial charge in [-0.3, -0.25) is 0 Å². The van der Waals surface area contributed by atoms with Gasteiger partial charge in [-0.25, -0.2) is 4.79 Å². The molecule has 4 rings (SSSR count). The number of ether oxygens (including phenoxy) is 1. The van der Waals surface area contributed by atoms with Crippen LogP contribution in [0.25, 0.3) is 0 Å². The Morgan fingerprint density at radius 3 is 1.58 bits per heavy atom. The van der Waals surface area contributed by atoms with Crippen molar-refractivity contribution >= 4 is 45.1 Å². The molecule has 0 unspecified atom stereocenters. The summed E-state index contributed by atoms with van der Waals surface area (Å²) in [5.41, 5.74) is 1.71. The summed E-state index contributed by atoms with van der Waals surface area (Å²) in [7, 11) is -0.590. The van der Waals surface area contributed by atoms with Crippen molar-refractivity contribution in [1.82, 2.24) is 0 Å². The lowest BCUT2D eigenvalue weighted by Crippen LogP contribution is -2.32. The topological polar surface area (TPSA) is 26.3 Å². The molecular weight excluding hydrogens is 467 g/mol. The molecule has 0 radical (unpaired) electrons. The summed E-state index contributed by atoms with van der Waals surface area (Å²) in [5, 5.41) is 3.99. The fourth-order valence-corrected chi connectivity index (χ4v) is 8.95. The summed E-state index contributed by atoms with van der Waals surface area (Å²) in [6.45, 7) is 0. The van der Waals surface area contributed by atoms with Crippen molar-refractivity contribution in [1.29, 1.82) is 0 Å². The van der Waals surface area contributed by atoms with Crippen LogP contribution in [0, 0.1) is 0 Å². The molecule has 0 saturated carbocycles. The van der Waals surface area contributed by atoms with E-state index in [0.29, 0.717) is 5.56 Å². The molecule has 31 heavy (non-hydrogen) atoms. The minimum absolute atomic E-state index is 0.331. The second-order valence-corrected chi connectivity index (χ2v) is 11.6. The average Bonchev–Trinajstić information content (AvgIpc) is 2.84. The summed E-state index contributed by atoms with van der Waals surface area (Å²) >= 11 is 3.72. The van der Waals surface area contributed by atoms with Gasteiger partial charge in [-0.05, 0) is 48.5 Å². The van der Waals surface area contributed by atoms with E-state index in [1.807, 2.05) is 18.2 Å². The largest absolute Gasteiger partial charge is 0.465 e. The molecule has 0 heterocycles. The van der Waals surface area contributed by atoms with Crippen LogP contribution in [0.3, 0.4) is 0 Å². The van der Waals surface area contributed by atoms with Crippen LogP contribution in [0.15, 0.2) is 114 Å². The quantitative estimate of drug-likeness (QED) is 0.255. The molecule has 4 aromatic carbocycles. The molecule has 154 valence electrons. The van der Waals surface area contributed by atoms with E-state index in [2.05, 4.69) is 107 Å². The summed E-state index contributed by atoms with van der Waals surface area (Å²) < 4.78 is 5.81. The highest BCUT2D eigenvalue weighted by molar-refractivity contribution is 9.10. The first-order chi connectivity index (χ1) is 15.1. The third-order valence-electron chi connectivity index (χ3n) is 5.47. The number of hydrogen-bond acceptors (Lipinski definition) is 2. The first-order valence-corrected chi connectivity index (χ1v) is 12.8. The Labute approximate surface area is 192 Å². The van der Waals surface area contributed by atoms with Gasteiger partial charge in [0.2, 0.25) is 0 Å². The first-order valence-electron chi connectivity index (χ1n) is 10.1. The summed E-state index contributed by atoms with van der Waals surface area (Å²) in [4.78, 5) is 12.0. The van der Waals surface area contributed by atoms with Gasteiger partial charge in [0, 0.05) is 10.0 Å². The maximum atomic E-state index is 12.0. The van der Waals surface area contributed by atoms with Crippen molar-refractivity contribution < 1.29 is 9.53 Å². The third-order valence-corrected chi connectivity index (χ3v) is 10.6. The van der Waals surface area contributed by atoms with Crippen LogP contribution in [-0.4, -0.2) is 13.1 Å². The zero-order valence-electron chi connectivity index (χ0n) is 17.2. The molecule has 0 saturated heterocycles. The predicted molar refractivity (Wildman–Crippen MR) is 134 cm³/mol. The molecule has 4 aromatic rings. The van der Waals surface area contributed by atoms with E-state index >= 15 is 0 Å². The minimum Gasteiger partial charge on any atom is -0.465 e. The van der Waals surface area contributed by atoms with Crippen molar-refractivity contribution in [3.8, 4) is 0 Å². The van der Waals surface area contributed by atoms with Crippen molar-refractivity contribution in [2.75, 3.05) is 7.11 Å². The summed E-state index contributed by atoms with van der Waals surface area (Å²) in [6, 6.07) is 38.1. The SMILES string of the molecule is COC(=O)c1ccc(C[P+](c2ccccc2)(c2ccccc2)c2ccccc2)c(Br)c1. The van der Waals surface area contributed by atoms with Crippen LogP contribution in [0.5, 0.6) is 0 Å². The summed E-state index contributed by atoms with van der Waals surface area (Å²) in [6.07, 6.45) is 0.840. The van der Waals surface area contributed by atoms with Gasteiger partial charge in [0.05, 0.1) is 18.8 Å². The third kappa shape index (κ3) is 4.35. The smallest absolute Gasteiger partial charge is 0.337 e. The highest BCUT2D eigenvalue weighted by Crippen LogP contribution is 2.58. The van der Waals surface area contributed by atoms with Crippen molar-refractivity contribution in [2.24, 2.45) is 0 Å². The molecule has 0 aliphatic heterocycles. The van der Waals surface area contributed by atoms with Gasteiger partial charge >= 0.3 is 5.97 Å². The molecule has 0 N–H and O–H groups in total. The van der Waals surface area contributed by atoms with Gasteiger partial charge in [-0.2, -0.15) is 0 Å². The average molecular weight is 490 g/mol. The Kier molecular flexibility index (Phi) is 6.65. The number of benzene rings is 4. The fraction of sp³-hybridized carbons (Fsp3) is 0.0741. The van der Waals surface area contributed by atoms with Gasteiger partial charge in [-0.1, -0.05) is 76.6 Å². The molecule has 0 aliphatic rings. The molecule has 0 bridgehead atoms. The van der Waals surface area contributed by atoms with Crippen LogP contribution >= 0.6 is 23.2 Å². The van der Waals surface area contributed by atoms with Crippen LogP contribution in [0.1, 0.15) is 15.9 Å².